The van der Waals surface area contributed by atoms with Crippen molar-refractivity contribution in [3.05, 3.63) is 29.8 Å². The molecule has 2 atom stereocenters. The molecule has 2 aliphatic heterocycles. The Morgan fingerprint density at radius 1 is 1.37 bits per heavy atom. The summed E-state index contributed by atoms with van der Waals surface area (Å²) in [6.07, 6.45) is 1.90. The molecule has 0 aliphatic carbocycles. The second kappa shape index (κ2) is 4.85. The Balaban J connectivity index is 1.64. The smallest absolute Gasteiger partial charge is 0.245 e. The Morgan fingerprint density at radius 2 is 2.16 bits per heavy atom. The molecular weight excluding hydrogens is 238 g/mol. The summed E-state index contributed by atoms with van der Waals surface area (Å²) in [6.45, 7) is 1.75. The molecule has 0 radical (unpaired) electrons. The van der Waals surface area contributed by atoms with Crippen LogP contribution in [0, 0.1) is 0 Å². The lowest BCUT2D eigenvalue weighted by atomic mass is 10.1. The lowest BCUT2D eigenvalue weighted by molar-refractivity contribution is -0.131. The number of fused-ring (bicyclic) bond motifs is 1. The topological polar surface area (TPSA) is 35.6 Å². The van der Waals surface area contributed by atoms with E-state index in [2.05, 4.69) is 36.4 Å². The van der Waals surface area contributed by atoms with E-state index >= 15 is 0 Å². The van der Waals surface area contributed by atoms with Crippen LogP contribution in [0.25, 0.3) is 0 Å². The summed E-state index contributed by atoms with van der Waals surface area (Å²) < 4.78 is 0. The molecule has 102 valence electrons. The third kappa shape index (κ3) is 2.32. The predicted octanol–water partition coefficient (Wildman–Crippen LogP) is 1.19. The van der Waals surface area contributed by atoms with E-state index in [0.717, 1.165) is 31.6 Å². The van der Waals surface area contributed by atoms with Gasteiger partial charge in [-0.15, -0.1) is 0 Å². The lowest BCUT2D eigenvalue weighted by Gasteiger charge is -2.23. The first-order chi connectivity index (χ1) is 9.15. The van der Waals surface area contributed by atoms with E-state index in [1.807, 2.05) is 17.0 Å². The highest BCUT2D eigenvalue weighted by Gasteiger charge is 2.34. The molecular formula is C15H21N3O. The van der Waals surface area contributed by atoms with Crippen LogP contribution >= 0.6 is 0 Å². The van der Waals surface area contributed by atoms with E-state index in [4.69, 9.17) is 0 Å². The highest BCUT2D eigenvalue weighted by molar-refractivity contribution is 5.87. The van der Waals surface area contributed by atoms with Crippen molar-refractivity contribution in [2.75, 3.05) is 32.5 Å². The van der Waals surface area contributed by atoms with Gasteiger partial charge in [-0.2, -0.15) is 0 Å². The number of nitrogens with zero attached hydrogens (tertiary/aromatic N) is 2. The molecule has 1 fully saturated rings. The van der Waals surface area contributed by atoms with Gasteiger partial charge in [0.05, 0.1) is 0 Å². The molecule has 3 rings (SSSR count). The first kappa shape index (κ1) is 12.5. The van der Waals surface area contributed by atoms with Crippen molar-refractivity contribution in [1.29, 1.82) is 0 Å². The number of amides is 1. The van der Waals surface area contributed by atoms with Crippen LogP contribution < -0.4 is 5.32 Å². The van der Waals surface area contributed by atoms with Crippen molar-refractivity contribution in [3.63, 3.8) is 0 Å². The highest BCUT2D eigenvalue weighted by Crippen LogP contribution is 2.27. The largest absolute Gasteiger partial charge is 0.373 e. The number of carbonyl (C=O) groups is 1. The number of para-hydroxylation sites is 1. The zero-order valence-corrected chi connectivity index (χ0v) is 11.6. The van der Waals surface area contributed by atoms with E-state index in [-0.39, 0.29) is 11.9 Å². The minimum Gasteiger partial charge on any atom is -0.373 e. The summed E-state index contributed by atoms with van der Waals surface area (Å²) in [4.78, 5) is 16.7. The second-order valence-corrected chi connectivity index (χ2v) is 5.75. The van der Waals surface area contributed by atoms with Crippen LogP contribution in [-0.2, 0) is 11.2 Å². The van der Waals surface area contributed by atoms with Gasteiger partial charge in [0.15, 0.2) is 0 Å². The number of carbonyl (C=O) groups excluding carboxylic acids is 1. The van der Waals surface area contributed by atoms with Crippen LogP contribution in [-0.4, -0.2) is 55.0 Å². The molecule has 2 aliphatic rings. The molecule has 1 N–H and O–H groups in total. The molecule has 4 nitrogen and oxygen atoms in total. The Morgan fingerprint density at radius 3 is 2.84 bits per heavy atom. The number of likely N-dealkylation sites (tertiary alicyclic amines) is 1. The van der Waals surface area contributed by atoms with Gasteiger partial charge in [0.2, 0.25) is 5.91 Å². The summed E-state index contributed by atoms with van der Waals surface area (Å²) in [5.41, 5.74) is 2.37. The third-order valence-electron chi connectivity index (χ3n) is 4.27. The van der Waals surface area contributed by atoms with Gasteiger partial charge in [0, 0.05) is 31.2 Å². The van der Waals surface area contributed by atoms with Crippen LogP contribution in [0.5, 0.6) is 0 Å². The molecule has 4 heteroatoms. The molecule has 0 aromatic heterocycles. The normalized spacial score (nSPS) is 25.5. The Bertz CT molecular complexity index is 461. The number of hydrogen-bond donors (Lipinski definition) is 1. The maximum Gasteiger partial charge on any atom is 0.245 e. The summed E-state index contributed by atoms with van der Waals surface area (Å²) in [6, 6.07) is 8.63. The second-order valence-electron chi connectivity index (χ2n) is 5.75. The number of hydrogen-bond acceptors (Lipinski definition) is 3. The number of anilines is 1. The van der Waals surface area contributed by atoms with Crippen molar-refractivity contribution in [2.45, 2.75) is 24.9 Å². The first-order valence-electron chi connectivity index (χ1n) is 6.95. The zero-order valence-electron chi connectivity index (χ0n) is 11.6. The molecule has 0 saturated carbocycles. The van der Waals surface area contributed by atoms with Gasteiger partial charge in [0.1, 0.15) is 6.04 Å². The quantitative estimate of drug-likeness (QED) is 0.866. The van der Waals surface area contributed by atoms with Gasteiger partial charge in [-0.1, -0.05) is 18.2 Å². The molecule has 1 saturated heterocycles. The van der Waals surface area contributed by atoms with Crippen LogP contribution in [0.4, 0.5) is 5.69 Å². The number of nitrogens with one attached hydrogen (secondary N) is 1. The summed E-state index contributed by atoms with van der Waals surface area (Å²) in [5.74, 6) is 0.251. The average molecular weight is 259 g/mol. The first-order valence-corrected chi connectivity index (χ1v) is 6.95. The van der Waals surface area contributed by atoms with Crippen molar-refractivity contribution in [3.8, 4) is 0 Å². The minimum absolute atomic E-state index is 0.0710. The SMILES string of the molecule is CN(C)C1CCN(C(=O)C2Cc3ccccc3N2)C1. The summed E-state index contributed by atoms with van der Waals surface area (Å²) >= 11 is 0. The minimum atomic E-state index is -0.0710. The number of rotatable bonds is 2. The van der Waals surface area contributed by atoms with E-state index in [9.17, 15) is 4.79 Å². The Hall–Kier alpha value is -1.55. The maximum atomic E-state index is 12.5. The van der Waals surface area contributed by atoms with Gasteiger partial charge in [-0.05, 0) is 32.1 Å². The molecule has 2 heterocycles. The molecule has 0 spiro atoms. The molecule has 19 heavy (non-hydrogen) atoms. The Labute approximate surface area is 114 Å². The fourth-order valence-corrected chi connectivity index (χ4v) is 3.03. The van der Waals surface area contributed by atoms with E-state index in [0.29, 0.717) is 6.04 Å². The monoisotopic (exact) mass is 259 g/mol. The molecule has 1 amide bonds. The van der Waals surface area contributed by atoms with Crippen molar-refractivity contribution in [1.82, 2.24) is 9.80 Å². The Kier molecular flexibility index (Phi) is 3.19. The van der Waals surface area contributed by atoms with Gasteiger partial charge >= 0.3 is 0 Å². The molecule has 1 aromatic rings. The van der Waals surface area contributed by atoms with Gasteiger partial charge in [-0.3, -0.25) is 4.79 Å². The predicted molar refractivity (Wildman–Crippen MR) is 76.2 cm³/mol. The van der Waals surface area contributed by atoms with E-state index < -0.39 is 0 Å². The van der Waals surface area contributed by atoms with Crippen LogP contribution in [0.2, 0.25) is 0 Å². The van der Waals surface area contributed by atoms with Gasteiger partial charge in [-0.25, -0.2) is 0 Å². The molecule has 1 aromatic carbocycles. The molecule has 2 unspecified atom stereocenters. The summed E-state index contributed by atoms with van der Waals surface area (Å²) in [5, 5.41) is 3.35. The standard InChI is InChI=1S/C15H21N3O/c1-17(2)12-7-8-18(10-12)15(19)14-9-11-5-3-4-6-13(11)16-14/h3-6,12,14,16H,7-10H2,1-2H3. The van der Waals surface area contributed by atoms with Crippen LogP contribution in [0.1, 0.15) is 12.0 Å². The van der Waals surface area contributed by atoms with Crippen LogP contribution in [0.15, 0.2) is 24.3 Å². The average Bonchev–Trinajstić information content (AvgIpc) is 3.04. The van der Waals surface area contributed by atoms with Crippen molar-refractivity contribution in [2.24, 2.45) is 0 Å². The third-order valence-corrected chi connectivity index (χ3v) is 4.27. The highest BCUT2D eigenvalue weighted by atomic mass is 16.2. The van der Waals surface area contributed by atoms with Crippen molar-refractivity contribution >= 4 is 11.6 Å². The van der Waals surface area contributed by atoms with Gasteiger partial charge < -0.3 is 15.1 Å². The summed E-state index contributed by atoms with van der Waals surface area (Å²) in [7, 11) is 4.17. The van der Waals surface area contributed by atoms with Crippen LogP contribution in [0.3, 0.4) is 0 Å². The fraction of sp³-hybridized carbons (Fsp3) is 0.533. The zero-order chi connectivity index (χ0) is 13.4. The van der Waals surface area contributed by atoms with E-state index in [1.165, 1.54) is 5.56 Å². The van der Waals surface area contributed by atoms with Gasteiger partial charge in [0.25, 0.3) is 0 Å². The van der Waals surface area contributed by atoms with Crippen molar-refractivity contribution < 1.29 is 4.79 Å². The molecule has 0 bridgehead atoms. The number of benzene rings is 1. The lowest BCUT2D eigenvalue weighted by Crippen LogP contribution is -2.42. The maximum absolute atomic E-state index is 12.5. The number of likely N-dealkylation sites (N-methyl/N-ethyl adjacent to an activating group) is 1. The fourth-order valence-electron chi connectivity index (χ4n) is 3.03. The van der Waals surface area contributed by atoms with E-state index in [1.54, 1.807) is 0 Å².